The molecule has 0 aliphatic carbocycles. The van der Waals surface area contributed by atoms with Gasteiger partial charge in [-0.25, -0.2) is 0 Å². The van der Waals surface area contributed by atoms with Crippen LogP contribution in [0, 0.1) is 0 Å². The highest BCUT2D eigenvalue weighted by Gasteiger charge is 2.18. The first kappa shape index (κ1) is 36.7. The molecule has 0 atom stereocenters. The van der Waals surface area contributed by atoms with E-state index in [2.05, 4.69) is 15.3 Å². The Morgan fingerprint density at radius 1 is 0.915 bits per heavy atom. The van der Waals surface area contributed by atoms with E-state index in [1.54, 1.807) is 24.3 Å². The van der Waals surface area contributed by atoms with Gasteiger partial charge in [0, 0.05) is 23.4 Å². The van der Waals surface area contributed by atoms with Gasteiger partial charge in [0.25, 0.3) is 16.0 Å². The van der Waals surface area contributed by atoms with Gasteiger partial charge < -0.3 is 26.0 Å². The number of nitrogens with zero attached hydrogens (tertiary/aromatic N) is 3. The molecule has 0 saturated carbocycles. The number of nitrogens with one attached hydrogen (secondary N) is 1. The number of nitrogen functional groups attached to an aromatic ring is 1. The molecular weight excluding hydrogens is 626 g/mol. The average molecular weight is 668 g/mol. The van der Waals surface area contributed by atoms with Gasteiger partial charge in [-0.1, -0.05) is 55.4 Å². The molecule has 0 fully saturated rings. The van der Waals surface area contributed by atoms with Crippen LogP contribution >= 0.6 is 0 Å². The number of ether oxygens (including phenoxy) is 1. The van der Waals surface area contributed by atoms with Crippen LogP contribution in [0.5, 0.6) is 17.2 Å². The smallest absolute Gasteiger partial charge is 0.296 e. The number of anilines is 1. The predicted octanol–water partition coefficient (Wildman–Crippen LogP) is 6.05. The van der Waals surface area contributed by atoms with Crippen LogP contribution in [0.3, 0.4) is 0 Å². The van der Waals surface area contributed by atoms with E-state index in [0.717, 1.165) is 44.1 Å². The van der Waals surface area contributed by atoms with Crippen molar-refractivity contribution in [1.82, 2.24) is 5.32 Å². The maximum atomic E-state index is 12.6. The van der Waals surface area contributed by atoms with Crippen molar-refractivity contribution in [2.45, 2.75) is 62.7 Å². The molecule has 47 heavy (non-hydrogen) atoms. The van der Waals surface area contributed by atoms with Gasteiger partial charge in [0.2, 0.25) is 0 Å². The van der Waals surface area contributed by atoms with Gasteiger partial charge in [0.05, 0.1) is 23.6 Å². The second-order valence-electron chi connectivity index (χ2n) is 10.8. The minimum atomic E-state index is -4.01. The molecule has 0 bridgehead atoms. The Hall–Kier alpha value is -4.78. The van der Waals surface area contributed by atoms with E-state index in [4.69, 9.17) is 20.2 Å². The SMILES string of the molecule is [N-]=[N+]=NCCCCCCCCCOS(=O)(=O)c1cccc(C(=O)NCCOc2ccc(CCC(=O)c3ccc(O)c(N)c3O)cc2)c1. The fraction of sp³-hybridized carbons (Fsp3) is 0.394. The number of aromatic hydroxyl groups is 2. The standard InChI is InChI=1S/C33H41N5O8S/c34-31-30(40)18-16-28(32(31)41)29(39)17-13-24-11-14-26(15-12-24)45-22-20-36-33(42)25-9-8-10-27(23-25)47(43,44)46-21-7-5-3-1-2-4-6-19-37-38-35/h8-12,14-16,18,23,40-41H,1-7,13,17,19-22,34H2,(H,36,42). The molecule has 0 saturated heterocycles. The number of hydrogen-bond acceptors (Lipinski definition) is 10. The lowest BCUT2D eigenvalue weighted by Gasteiger charge is -2.10. The molecular formula is C33H41N5O8S. The summed E-state index contributed by atoms with van der Waals surface area (Å²) in [6.07, 6.45) is 6.87. The lowest BCUT2D eigenvalue weighted by atomic mass is 10.0. The highest BCUT2D eigenvalue weighted by atomic mass is 32.2. The van der Waals surface area contributed by atoms with Crippen LogP contribution in [-0.4, -0.2) is 56.6 Å². The minimum Gasteiger partial charge on any atom is -0.506 e. The molecule has 0 aromatic heterocycles. The van der Waals surface area contributed by atoms with Crippen LogP contribution in [0.1, 0.15) is 77.6 Å². The van der Waals surface area contributed by atoms with E-state index in [-0.39, 0.29) is 59.4 Å². The van der Waals surface area contributed by atoms with Gasteiger partial charge in [0.1, 0.15) is 23.8 Å². The number of phenols is 2. The van der Waals surface area contributed by atoms with E-state index in [1.807, 2.05) is 0 Å². The number of carbonyl (C=O) groups excluding carboxylic acids is 2. The molecule has 13 nitrogen and oxygen atoms in total. The molecule has 0 aliphatic heterocycles. The maximum absolute atomic E-state index is 12.6. The Kier molecular flexibility index (Phi) is 14.8. The van der Waals surface area contributed by atoms with Crippen molar-refractivity contribution in [2.24, 2.45) is 5.11 Å². The summed E-state index contributed by atoms with van der Waals surface area (Å²) in [6.45, 7) is 0.920. The fourth-order valence-corrected chi connectivity index (χ4v) is 5.64. The van der Waals surface area contributed by atoms with Gasteiger partial charge in [-0.15, -0.1) is 0 Å². The molecule has 3 aromatic carbocycles. The average Bonchev–Trinajstić information content (AvgIpc) is 3.07. The third-order valence-electron chi connectivity index (χ3n) is 7.30. The van der Waals surface area contributed by atoms with Crippen LogP contribution in [0.15, 0.2) is 70.7 Å². The molecule has 14 heteroatoms. The molecule has 3 rings (SSSR count). The molecule has 0 aliphatic rings. The first-order valence-electron chi connectivity index (χ1n) is 15.5. The number of azide groups is 1. The van der Waals surface area contributed by atoms with Crippen molar-refractivity contribution < 1.29 is 37.1 Å². The van der Waals surface area contributed by atoms with Crippen molar-refractivity contribution in [3.8, 4) is 17.2 Å². The molecule has 0 unspecified atom stereocenters. The largest absolute Gasteiger partial charge is 0.506 e. The van der Waals surface area contributed by atoms with Gasteiger partial charge in [-0.3, -0.25) is 13.8 Å². The molecule has 3 aromatic rings. The van der Waals surface area contributed by atoms with E-state index < -0.39 is 21.8 Å². The van der Waals surface area contributed by atoms with Gasteiger partial charge in [-0.05, 0) is 72.8 Å². The molecule has 252 valence electrons. The third kappa shape index (κ3) is 12.2. The quantitative estimate of drug-likeness (QED) is 0.0152. The Balaban J connectivity index is 1.35. The van der Waals surface area contributed by atoms with E-state index in [1.165, 1.54) is 36.4 Å². The Morgan fingerprint density at radius 2 is 1.62 bits per heavy atom. The second-order valence-corrected chi connectivity index (χ2v) is 12.4. The lowest BCUT2D eigenvalue weighted by molar-refractivity contribution is 0.0945. The second kappa shape index (κ2) is 19.0. The topological polar surface area (TPSA) is 214 Å². The van der Waals surface area contributed by atoms with E-state index in [0.29, 0.717) is 25.1 Å². The predicted molar refractivity (Wildman–Crippen MR) is 177 cm³/mol. The number of hydrogen-bond donors (Lipinski definition) is 4. The summed E-state index contributed by atoms with van der Waals surface area (Å²) in [7, 11) is -4.01. The van der Waals surface area contributed by atoms with Crippen LogP contribution in [-0.2, 0) is 20.7 Å². The summed E-state index contributed by atoms with van der Waals surface area (Å²) < 4.78 is 36.1. The zero-order valence-electron chi connectivity index (χ0n) is 26.1. The molecule has 1 amide bonds. The van der Waals surface area contributed by atoms with Crippen molar-refractivity contribution in [3.05, 3.63) is 87.8 Å². The van der Waals surface area contributed by atoms with Crippen LogP contribution in [0.25, 0.3) is 10.4 Å². The number of benzene rings is 3. The number of nitrogens with two attached hydrogens (primary N) is 1. The number of carbonyl (C=O) groups is 2. The molecule has 0 heterocycles. The summed E-state index contributed by atoms with van der Waals surface area (Å²) >= 11 is 0. The number of ketones is 1. The first-order valence-corrected chi connectivity index (χ1v) is 16.9. The number of Topliss-reactive ketones (excluding diaryl/α,β-unsaturated/α-hetero) is 1. The maximum Gasteiger partial charge on any atom is 0.296 e. The zero-order chi connectivity index (χ0) is 34.1. The molecule has 0 radical (unpaired) electrons. The Bertz CT molecular complexity index is 1640. The van der Waals surface area contributed by atoms with Gasteiger partial charge in [-0.2, -0.15) is 8.42 Å². The Morgan fingerprint density at radius 3 is 2.34 bits per heavy atom. The number of aryl methyl sites for hydroxylation is 1. The minimum absolute atomic E-state index is 0.0507. The zero-order valence-corrected chi connectivity index (χ0v) is 27.0. The monoisotopic (exact) mass is 667 g/mol. The number of unbranched alkanes of at least 4 members (excludes halogenated alkanes) is 6. The van der Waals surface area contributed by atoms with E-state index in [9.17, 15) is 28.2 Å². The van der Waals surface area contributed by atoms with Crippen molar-refractivity contribution in [3.63, 3.8) is 0 Å². The lowest BCUT2D eigenvalue weighted by Crippen LogP contribution is -2.28. The summed E-state index contributed by atoms with van der Waals surface area (Å²) in [5, 5.41) is 25.8. The van der Waals surface area contributed by atoms with Gasteiger partial charge >= 0.3 is 0 Å². The third-order valence-corrected chi connectivity index (χ3v) is 8.61. The van der Waals surface area contributed by atoms with Crippen molar-refractivity contribution in [2.75, 3.05) is 32.0 Å². The summed E-state index contributed by atoms with van der Waals surface area (Å²) in [5.41, 5.74) is 14.7. The van der Waals surface area contributed by atoms with Crippen molar-refractivity contribution in [1.29, 1.82) is 0 Å². The molecule has 0 spiro atoms. The molecule has 5 N–H and O–H groups in total. The fourth-order valence-electron chi connectivity index (χ4n) is 4.65. The highest BCUT2D eigenvalue weighted by molar-refractivity contribution is 7.86. The van der Waals surface area contributed by atoms with Crippen LogP contribution in [0.2, 0.25) is 0 Å². The first-order chi connectivity index (χ1) is 22.6. The van der Waals surface area contributed by atoms with Crippen LogP contribution in [0.4, 0.5) is 5.69 Å². The summed E-state index contributed by atoms with van der Waals surface area (Å²) in [6, 6.07) is 15.4. The summed E-state index contributed by atoms with van der Waals surface area (Å²) in [4.78, 5) is 27.8. The normalized spacial score (nSPS) is 11.1. The number of rotatable bonds is 21. The number of amides is 1. The summed E-state index contributed by atoms with van der Waals surface area (Å²) in [5.74, 6) is -0.922. The van der Waals surface area contributed by atoms with Crippen LogP contribution < -0.4 is 15.8 Å². The highest BCUT2D eigenvalue weighted by Crippen LogP contribution is 2.33. The Labute approximate surface area is 274 Å². The number of phenolic OH excluding ortho intramolecular Hbond substituents is 2. The van der Waals surface area contributed by atoms with Gasteiger partial charge in [0.15, 0.2) is 11.5 Å². The van der Waals surface area contributed by atoms with E-state index >= 15 is 0 Å². The van der Waals surface area contributed by atoms with Crippen molar-refractivity contribution >= 4 is 27.5 Å².